The molecule has 0 bridgehead atoms. The Morgan fingerprint density at radius 1 is 1.12 bits per heavy atom. The first kappa shape index (κ1) is 20.5. The summed E-state index contributed by atoms with van der Waals surface area (Å²) < 4.78 is 33.0. The number of carbonyl (C=O) groups is 1. The first-order valence-corrected chi connectivity index (χ1v) is 10.5. The van der Waals surface area contributed by atoms with Crippen LogP contribution in [-0.2, 0) is 21.2 Å². The molecule has 1 N–H and O–H groups in total. The number of halogens is 1. The van der Waals surface area contributed by atoms with Gasteiger partial charge in [-0.25, -0.2) is 13.1 Å². The van der Waals surface area contributed by atoms with Gasteiger partial charge in [-0.05, 0) is 78.5 Å². The van der Waals surface area contributed by atoms with Gasteiger partial charge in [0.15, 0.2) is 0 Å². The summed E-state index contributed by atoms with van der Waals surface area (Å²) >= 11 is 3.28. The highest BCUT2D eigenvalue weighted by Crippen LogP contribution is 2.28. The van der Waals surface area contributed by atoms with Gasteiger partial charge in [0.2, 0.25) is 5.91 Å². The van der Waals surface area contributed by atoms with Gasteiger partial charge in [-0.2, -0.15) is 0 Å². The van der Waals surface area contributed by atoms with Gasteiger partial charge in [-0.15, -0.1) is 0 Å². The van der Waals surface area contributed by atoms with Gasteiger partial charge in [0.25, 0.3) is 10.0 Å². The fourth-order valence-electron chi connectivity index (χ4n) is 2.82. The normalized spacial score (nSPS) is 11.3. The number of aryl methyl sites for hydroxylation is 3. The monoisotopic (exact) mass is 439 g/mol. The average molecular weight is 440 g/mol. The Balaban J connectivity index is 2.19. The Morgan fingerprint density at radius 2 is 1.73 bits per heavy atom. The molecule has 0 aliphatic heterocycles. The van der Waals surface area contributed by atoms with Crippen molar-refractivity contribution in [2.24, 2.45) is 0 Å². The van der Waals surface area contributed by atoms with Gasteiger partial charge in [-0.1, -0.05) is 17.7 Å². The molecule has 0 heterocycles. The molecule has 5 nitrogen and oxygen atoms in total. The van der Waals surface area contributed by atoms with E-state index >= 15 is 0 Å². The second kappa shape index (κ2) is 8.22. The lowest BCUT2D eigenvalue weighted by molar-refractivity contribution is -0.118. The van der Waals surface area contributed by atoms with Crippen LogP contribution in [0.2, 0.25) is 0 Å². The summed E-state index contributed by atoms with van der Waals surface area (Å²) in [7, 11) is -3.95. The maximum atomic E-state index is 12.5. The first-order chi connectivity index (χ1) is 12.1. The summed E-state index contributed by atoms with van der Waals surface area (Å²) in [4.78, 5) is 12.3. The molecular weight excluding hydrogens is 418 g/mol. The van der Waals surface area contributed by atoms with Crippen molar-refractivity contribution < 1.29 is 17.9 Å². The minimum Gasteiger partial charge on any atom is -0.493 e. The Labute approximate surface area is 162 Å². The van der Waals surface area contributed by atoms with Crippen LogP contribution in [0.1, 0.15) is 29.2 Å². The molecule has 0 aliphatic rings. The van der Waals surface area contributed by atoms with E-state index in [4.69, 9.17) is 4.74 Å². The quantitative estimate of drug-likeness (QED) is 0.742. The predicted octanol–water partition coefficient (Wildman–Crippen LogP) is 3.82. The number of sulfonamides is 1. The summed E-state index contributed by atoms with van der Waals surface area (Å²) in [5.74, 6) is -0.0197. The fraction of sp³-hybridized carbons (Fsp3) is 0.316. The third kappa shape index (κ3) is 4.86. The van der Waals surface area contributed by atoms with Crippen LogP contribution in [0.15, 0.2) is 39.7 Å². The number of nitrogens with one attached hydrogen (secondary N) is 1. The number of benzene rings is 2. The number of carbonyl (C=O) groups excluding carboxylic acids is 1. The second-order valence-electron chi connectivity index (χ2n) is 6.11. The van der Waals surface area contributed by atoms with E-state index in [1.807, 2.05) is 39.8 Å². The summed E-state index contributed by atoms with van der Waals surface area (Å²) in [5, 5.41) is 0. The van der Waals surface area contributed by atoms with E-state index in [0.29, 0.717) is 16.8 Å². The molecule has 26 heavy (non-hydrogen) atoms. The zero-order chi connectivity index (χ0) is 19.5. The molecule has 2 aromatic rings. The van der Waals surface area contributed by atoms with Gasteiger partial charge in [-0.3, -0.25) is 4.79 Å². The summed E-state index contributed by atoms with van der Waals surface area (Å²) in [6.45, 7) is 8.13. The van der Waals surface area contributed by atoms with Crippen LogP contribution >= 0.6 is 15.9 Å². The van der Waals surface area contributed by atoms with E-state index in [-0.39, 0.29) is 11.3 Å². The van der Waals surface area contributed by atoms with Gasteiger partial charge >= 0.3 is 0 Å². The highest BCUT2D eigenvalue weighted by atomic mass is 79.9. The SMILES string of the molecule is CCOc1ccc(S(=O)(=O)NC(=O)Cc2c(C)cc(C)cc2C)cc1Br. The van der Waals surface area contributed by atoms with Crippen molar-refractivity contribution in [3.63, 3.8) is 0 Å². The maximum absolute atomic E-state index is 12.5. The molecular formula is C19H22BrNO4S. The van der Waals surface area contributed by atoms with E-state index in [1.165, 1.54) is 12.1 Å². The third-order valence-corrected chi connectivity index (χ3v) is 5.93. The lowest BCUT2D eigenvalue weighted by atomic mass is 9.97. The average Bonchev–Trinajstić information content (AvgIpc) is 2.52. The fourth-order valence-corrected chi connectivity index (χ4v) is 4.47. The lowest BCUT2D eigenvalue weighted by Gasteiger charge is -2.13. The van der Waals surface area contributed by atoms with Crippen LogP contribution < -0.4 is 9.46 Å². The molecule has 0 atom stereocenters. The zero-order valence-corrected chi connectivity index (χ0v) is 17.6. The molecule has 140 valence electrons. The van der Waals surface area contributed by atoms with Crippen molar-refractivity contribution in [1.29, 1.82) is 0 Å². The van der Waals surface area contributed by atoms with Gasteiger partial charge in [0.05, 0.1) is 22.4 Å². The molecule has 0 spiro atoms. The van der Waals surface area contributed by atoms with Crippen LogP contribution in [0.4, 0.5) is 0 Å². The van der Waals surface area contributed by atoms with Gasteiger partial charge < -0.3 is 4.74 Å². The number of hydrogen-bond donors (Lipinski definition) is 1. The third-order valence-electron chi connectivity index (χ3n) is 3.94. The van der Waals surface area contributed by atoms with Crippen LogP contribution in [0, 0.1) is 20.8 Å². The minimum atomic E-state index is -3.95. The van der Waals surface area contributed by atoms with E-state index in [9.17, 15) is 13.2 Å². The van der Waals surface area contributed by atoms with E-state index in [0.717, 1.165) is 22.3 Å². The maximum Gasteiger partial charge on any atom is 0.264 e. The molecule has 0 aromatic heterocycles. The van der Waals surface area contributed by atoms with E-state index < -0.39 is 15.9 Å². The Morgan fingerprint density at radius 3 is 2.27 bits per heavy atom. The van der Waals surface area contributed by atoms with Crippen LogP contribution in [0.5, 0.6) is 5.75 Å². The van der Waals surface area contributed by atoms with Gasteiger partial charge in [0, 0.05) is 0 Å². The number of hydrogen-bond acceptors (Lipinski definition) is 4. The number of ether oxygens (including phenoxy) is 1. The largest absolute Gasteiger partial charge is 0.493 e. The molecule has 0 saturated carbocycles. The van der Waals surface area contributed by atoms with E-state index in [2.05, 4.69) is 20.7 Å². The lowest BCUT2D eigenvalue weighted by Crippen LogP contribution is -2.32. The summed E-state index contributed by atoms with van der Waals surface area (Å²) in [6.07, 6.45) is 0.00930. The van der Waals surface area contributed by atoms with Crippen LogP contribution in [0.3, 0.4) is 0 Å². The Hall–Kier alpha value is -1.86. The van der Waals surface area contributed by atoms with Crippen molar-refractivity contribution in [3.05, 3.63) is 57.1 Å². The molecule has 2 aromatic carbocycles. The molecule has 2 rings (SSSR count). The first-order valence-electron chi connectivity index (χ1n) is 8.18. The van der Waals surface area contributed by atoms with Crippen LogP contribution in [-0.4, -0.2) is 20.9 Å². The number of rotatable bonds is 6. The Kier molecular flexibility index (Phi) is 6.47. The van der Waals surface area contributed by atoms with E-state index in [1.54, 1.807) is 6.07 Å². The molecule has 0 fully saturated rings. The van der Waals surface area contributed by atoms with Crippen molar-refractivity contribution in [2.75, 3.05) is 6.61 Å². The van der Waals surface area contributed by atoms with Crippen LogP contribution in [0.25, 0.3) is 0 Å². The van der Waals surface area contributed by atoms with Crippen molar-refractivity contribution in [1.82, 2.24) is 4.72 Å². The Bertz CT molecular complexity index is 916. The van der Waals surface area contributed by atoms with Gasteiger partial charge in [0.1, 0.15) is 5.75 Å². The summed E-state index contributed by atoms with van der Waals surface area (Å²) in [5.41, 5.74) is 3.89. The molecule has 0 unspecified atom stereocenters. The van der Waals surface area contributed by atoms with Crippen molar-refractivity contribution >= 4 is 31.9 Å². The molecule has 0 radical (unpaired) electrons. The summed E-state index contributed by atoms with van der Waals surface area (Å²) in [6, 6.07) is 8.35. The second-order valence-corrected chi connectivity index (χ2v) is 8.64. The zero-order valence-electron chi connectivity index (χ0n) is 15.2. The topological polar surface area (TPSA) is 72.5 Å². The molecule has 0 saturated heterocycles. The highest BCUT2D eigenvalue weighted by Gasteiger charge is 2.20. The highest BCUT2D eigenvalue weighted by molar-refractivity contribution is 9.10. The molecule has 7 heteroatoms. The van der Waals surface area contributed by atoms with Crippen molar-refractivity contribution in [2.45, 2.75) is 39.0 Å². The van der Waals surface area contributed by atoms with Crippen molar-refractivity contribution in [3.8, 4) is 5.75 Å². The smallest absolute Gasteiger partial charge is 0.264 e. The molecule has 1 amide bonds. The molecule has 0 aliphatic carbocycles. The predicted molar refractivity (Wildman–Crippen MR) is 105 cm³/mol. The standard InChI is InChI=1S/C19H22BrNO4S/c1-5-25-18-7-6-15(10-17(18)20)26(23,24)21-19(22)11-16-13(3)8-12(2)9-14(16)4/h6-10H,5,11H2,1-4H3,(H,21,22). The number of amides is 1. The minimum absolute atomic E-state index is 0.00136.